The number of aromatic nitrogens is 2. The Morgan fingerprint density at radius 1 is 1.50 bits per heavy atom. The molecule has 0 saturated carbocycles. The summed E-state index contributed by atoms with van der Waals surface area (Å²) >= 11 is 0. The highest BCUT2D eigenvalue weighted by atomic mass is 16.1. The van der Waals surface area contributed by atoms with E-state index in [1.165, 1.54) is 12.4 Å². The predicted octanol–water partition coefficient (Wildman–Crippen LogP) is -0.200. The summed E-state index contributed by atoms with van der Waals surface area (Å²) in [6.45, 7) is 0. The zero-order valence-electron chi connectivity index (χ0n) is 5.32. The molecule has 2 N–H and O–H groups in total. The molecule has 0 aliphatic carbocycles. The van der Waals surface area contributed by atoms with E-state index in [-0.39, 0.29) is 6.42 Å². The Balaban J connectivity index is 2.78. The van der Waals surface area contributed by atoms with Crippen molar-refractivity contribution in [2.45, 2.75) is 6.42 Å². The smallest absolute Gasteiger partial charge is 0.135 e. The van der Waals surface area contributed by atoms with Crippen molar-refractivity contribution in [2.75, 3.05) is 5.73 Å². The van der Waals surface area contributed by atoms with Crippen LogP contribution in [0.3, 0.4) is 0 Å². The van der Waals surface area contributed by atoms with Crippen LogP contribution in [-0.2, 0) is 11.2 Å². The molecule has 0 amide bonds. The minimum Gasteiger partial charge on any atom is -0.396 e. The summed E-state index contributed by atoms with van der Waals surface area (Å²) < 4.78 is 0. The summed E-state index contributed by atoms with van der Waals surface area (Å²) in [5.41, 5.74) is 5.82. The van der Waals surface area contributed by atoms with Crippen molar-refractivity contribution in [1.29, 1.82) is 0 Å². The summed E-state index contributed by atoms with van der Waals surface area (Å²) in [6, 6.07) is 0. The number of rotatable bonds is 2. The van der Waals surface area contributed by atoms with E-state index >= 15 is 0 Å². The third-order valence-electron chi connectivity index (χ3n) is 0.991. The molecule has 1 aromatic rings. The minimum atomic E-state index is 0.250. The van der Waals surface area contributed by atoms with Crippen LogP contribution in [-0.4, -0.2) is 16.3 Å². The molecule has 0 bridgehead atoms. The highest BCUT2D eigenvalue weighted by Gasteiger charge is 1.91. The Morgan fingerprint density at radius 2 is 2.10 bits per heavy atom. The minimum absolute atomic E-state index is 0.250. The molecule has 1 aromatic heterocycles. The van der Waals surface area contributed by atoms with E-state index in [2.05, 4.69) is 9.97 Å². The van der Waals surface area contributed by atoms with E-state index in [0.717, 1.165) is 6.29 Å². The molecule has 0 saturated heterocycles. The average molecular weight is 137 g/mol. The van der Waals surface area contributed by atoms with E-state index in [9.17, 15) is 4.79 Å². The molecule has 0 spiro atoms. The number of aldehydes is 1. The maximum Gasteiger partial charge on any atom is 0.135 e. The van der Waals surface area contributed by atoms with Gasteiger partial charge in [0.2, 0.25) is 0 Å². The lowest BCUT2D eigenvalue weighted by molar-refractivity contribution is -0.107. The van der Waals surface area contributed by atoms with Crippen LogP contribution in [0.5, 0.6) is 0 Å². The lowest BCUT2D eigenvalue weighted by atomic mass is 10.4. The summed E-state index contributed by atoms with van der Waals surface area (Å²) in [7, 11) is 0. The van der Waals surface area contributed by atoms with Crippen LogP contribution in [0.1, 0.15) is 5.82 Å². The molecular weight excluding hydrogens is 130 g/mol. The van der Waals surface area contributed by atoms with Crippen molar-refractivity contribution in [2.24, 2.45) is 0 Å². The average Bonchev–Trinajstić information content (AvgIpc) is 1.95. The molecule has 0 atom stereocenters. The number of anilines is 1. The van der Waals surface area contributed by atoms with Crippen LogP contribution in [0.25, 0.3) is 0 Å². The van der Waals surface area contributed by atoms with Crippen molar-refractivity contribution < 1.29 is 4.79 Å². The van der Waals surface area contributed by atoms with Gasteiger partial charge in [0.1, 0.15) is 12.1 Å². The molecule has 0 radical (unpaired) electrons. The van der Waals surface area contributed by atoms with Gasteiger partial charge in [-0.05, 0) is 0 Å². The Bertz CT molecular complexity index is 219. The predicted molar refractivity (Wildman–Crippen MR) is 36.2 cm³/mol. The molecule has 1 rings (SSSR count). The van der Waals surface area contributed by atoms with Crippen LogP contribution < -0.4 is 5.73 Å². The molecule has 0 aliphatic rings. The Hall–Kier alpha value is -1.45. The third kappa shape index (κ3) is 1.51. The number of carbonyl (C=O) groups excluding carboxylic acids is 1. The fraction of sp³-hybridized carbons (Fsp3) is 0.167. The van der Waals surface area contributed by atoms with Crippen molar-refractivity contribution in [3.05, 3.63) is 18.2 Å². The fourth-order valence-corrected chi connectivity index (χ4v) is 0.545. The monoisotopic (exact) mass is 137 g/mol. The second-order valence-electron chi connectivity index (χ2n) is 1.80. The molecule has 0 unspecified atom stereocenters. The standard InChI is InChI=1S/C6H7N3O/c7-5-3-8-6(1-2-10)9-4-5/h2-4H,1,7H2. The van der Waals surface area contributed by atoms with E-state index in [0.29, 0.717) is 11.5 Å². The van der Waals surface area contributed by atoms with Gasteiger partial charge in [0, 0.05) is 0 Å². The molecule has 1 heterocycles. The second-order valence-corrected chi connectivity index (χ2v) is 1.80. The molecular formula is C6H7N3O. The number of nitrogens with zero attached hydrogens (tertiary/aromatic N) is 2. The van der Waals surface area contributed by atoms with Crippen molar-refractivity contribution >= 4 is 12.0 Å². The Labute approximate surface area is 58.1 Å². The first-order valence-corrected chi connectivity index (χ1v) is 2.83. The Kier molecular flexibility index (Phi) is 1.94. The molecule has 0 fully saturated rings. The largest absolute Gasteiger partial charge is 0.396 e. The number of hydrogen-bond acceptors (Lipinski definition) is 4. The van der Waals surface area contributed by atoms with Gasteiger partial charge in [0.05, 0.1) is 24.5 Å². The molecule has 0 aromatic carbocycles. The number of hydrogen-bond donors (Lipinski definition) is 1. The number of carbonyl (C=O) groups is 1. The zero-order valence-corrected chi connectivity index (χ0v) is 5.32. The van der Waals surface area contributed by atoms with Gasteiger partial charge in [-0.1, -0.05) is 0 Å². The van der Waals surface area contributed by atoms with Crippen LogP contribution in [0.2, 0.25) is 0 Å². The molecule has 0 aliphatic heterocycles. The Morgan fingerprint density at radius 3 is 2.60 bits per heavy atom. The van der Waals surface area contributed by atoms with Gasteiger partial charge in [-0.15, -0.1) is 0 Å². The second kappa shape index (κ2) is 2.91. The first-order valence-electron chi connectivity index (χ1n) is 2.83. The molecule has 4 nitrogen and oxygen atoms in total. The molecule has 10 heavy (non-hydrogen) atoms. The van der Waals surface area contributed by atoms with Gasteiger partial charge in [0.15, 0.2) is 0 Å². The van der Waals surface area contributed by atoms with Crippen LogP contribution in [0, 0.1) is 0 Å². The van der Waals surface area contributed by atoms with Gasteiger partial charge in [-0.2, -0.15) is 0 Å². The topological polar surface area (TPSA) is 68.9 Å². The zero-order chi connectivity index (χ0) is 7.40. The van der Waals surface area contributed by atoms with Crippen LogP contribution in [0.4, 0.5) is 5.69 Å². The third-order valence-corrected chi connectivity index (χ3v) is 0.991. The first kappa shape index (κ1) is 6.67. The van der Waals surface area contributed by atoms with Crippen molar-refractivity contribution in [3.8, 4) is 0 Å². The lowest BCUT2D eigenvalue weighted by Gasteiger charge is -1.92. The van der Waals surface area contributed by atoms with Gasteiger partial charge in [-0.25, -0.2) is 9.97 Å². The van der Waals surface area contributed by atoms with E-state index in [1.54, 1.807) is 0 Å². The fourth-order valence-electron chi connectivity index (χ4n) is 0.545. The summed E-state index contributed by atoms with van der Waals surface area (Å²) in [5.74, 6) is 0.504. The summed E-state index contributed by atoms with van der Waals surface area (Å²) in [6.07, 6.45) is 3.96. The SMILES string of the molecule is Nc1cnc(CC=O)nc1. The van der Waals surface area contributed by atoms with E-state index in [1.807, 2.05) is 0 Å². The van der Waals surface area contributed by atoms with E-state index in [4.69, 9.17) is 5.73 Å². The first-order chi connectivity index (χ1) is 4.83. The number of nitrogen functional groups attached to an aromatic ring is 1. The van der Waals surface area contributed by atoms with E-state index < -0.39 is 0 Å². The molecule has 52 valence electrons. The lowest BCUT2D eigenvalue weighted by Crippen LogP contribution is -1.96. The van der Waals surface area contributed by atoms with Gasteiger partial charge >= 0.3 is 0 Å². The summed E-state index contributed by atoms with van der Waals surface area (Å²) in [5, 5.41) is 0. The maximum absolute atomic E-state index is 9.95. The van der Waals surface area contributed by atoms with Crippen molar-refractivity contribution in [1.82, 2.24) is 9.97 Å². The quantitative estimate of drug-likeness (QED) is 0.573. The van der Waals surface area contributed by atoms with Crippen LogP contribution in [0.15, 0.2) is 12.4 Å². The maximum atomic E-state index is 9.95. The normalized spacial score (nSPS) is 9.20. The number of nitrogens with two attached hydrogens (primary N) is 1. The van der Waals surface area contributed by atoms with Gasteiger partial charge < -0.3 is 10.5 Å². The van der Waals surface area contributed by atoms with Gasteiger partial charge in [0.25, 0.3) is 0 Å². The summed E-state index contributed by atoms with van der Waals surface area (Å²) in [4.78, 5) is 17.5. The highest BCUT2D eigenvalue weighted by Crippen LogP contribution is 1.95. The van der Waals surface area contributed by atoms with Crippen molar-refractivity contribution in [3.63, 3.8) is 0 Å². The molecule has 4 heteroatoms. The van der Waals surface area contributed by atoms with Gasteiger partial charge in [-0.3, -0.25) is 0 Å². The van der Waals surface area contributed by atoms with Crippen LogP contribution >= 0.6 is 0 Å². The highest BCUT2D eigenvalue weighted by molar-refractivity contribution is 5.52.